The molecule has 1 N–H and O–H groups in total. The summed E-state index contributed by atoms with van der Waals surface area (Å²) in [7, 11) is -1.85. The number of hydrogen-bond donors (Lipinski definition) is 1. The van der Waals surface area contributed by atoms with Crippen molar-refractivity contribution in [1.82, 2.24) is 5.32 Å². The van der Waals surface area contributed by atoms with Crippen molar-refractivity contribution in [3.05, 3.63) is 54.1 Å². The van der Waals surface area contributed by atoms with Crippen molar-refractivity contribution in [2.75, 3.05) is 24.2 Å². The average molecular weight is 407 g/mol. The highest BCUT2D eigenvalue weighted by Crippen LogP contribution is 2.21. The van der Waals surface area contributed by atoms with Crippen LogP contribution in [0, 0.1) is 0 Å². The molecule has 0 bridgehead atoms. The van der Waals surface area contributed by atoms with Gasteiger partial charge in [0.15, 0.2) is 6.10 Å². The van der Waals surface area contributed by atoms with E-state index in [-0.39, 0.29) is 5.91 Å². The Morgan fingerprint density at radius 3 is 2.39 bits per heavy atom. The van der Waals surface area contributed by atoms with Crippen LogP contribution < -0.4 is 19.1 Å². The highest BCUT2D eigenvalue weighted by Gasteiger charge is 2.16. The molecule has 0 spiro atoms. The Labute approximate surface area is 166 Å². The maximum atomic E-state index is 12.3. The Morgan fingerprint density at radius 1 is 1.14 bits per heavy atom. The first-order valence-corrected chi connectivity index (χ1v) is 10.8. The van der Waals surface area contributed by atoms with Gasteiger partial charge in [0.05, 0.1) is 18.6 Å². The zero-order valence-electron chi connectivity index (χ0n) is 16.5. The highest BCUT2D eigenvalue weighted by molar-refractivity contribution is 7.92. The normalized spacial score (nSPS) is 12.1. The summed E-state index contributed by atoms with van der Waals surface area (Å²) in [6, 6.07) is 14.0. The van der Waals surface area contributed by atoms with Crippen LogP contribution in [0.4, 0.5) is 5.69 Å². The van der Waals surface area contributed by atoms with E-state index in [0.717, 1.165) is 17.6 Å². The fourth-order valence-corrected chi connectivity index (χ4v) is 2.96. The molecule has 0 aliphatic rings. The summed E-state index contributed by atoms with van der Waals surface area (Å²) in [4.78, 5) is 12.3. The first-order chi connectivity index (χ1) is 13.2. The molecule has 0 aromatic heterocycles. The lowest BCUT2D eigenvalue weighted by atomic mass is 10.2. The van der Waals surface area contributed by atoms with Crippen LogP contribution in [-0.2, 0) is 21.4 Å². The Bertz CT molecular complexity index is 897. The van der Waals surface area contributed by atoms with Gasteiger partial charge >= 0.3 is 0 Å². The molecule has 1 amide bonds. The summed E-state index contributed by atoms with van der Waals surface area (Å²) < 4.78 is 35.5. The summed E-state index contributed by atoms with van der Waals surface area (Å²) in [6.45, 7) is 4.44. The van der Waals surface area contributed by atoms with Crippen LogP contribution in [0.5, 0.6) is 11.5 Å². The number of ether oxygens (including phenoxy) is 2. The molecule has 0 saturated heterocycles. The number of hydrogen-bond acceptors (Lipinski definition) is 5. The molecule has 28 heavy (non-hydrogen) atoms. The van der Waals surface area contributed by atoms with E-state index in [1.807, 2.05) is 31.2 Å². The number of nitrogens with zero attached hydrogens (tertiary/aromatic N) is 1. The van der Waals surface area contributed by atoms with E-state index in [9.17, 15) is 13.2 Å². The molecule has 7 nitrogen and oxygen atoms in total. The van der Waals surface area contributed by atoms with Gasteiger partial charge in [-0.15, -0.1) is 0 Å². The van der Waals surface area contributed by atoms with E-state index in [1.54, 1.807) is 31.2 Å². The maximum absolute atomic E-state index is 12.3. The lowest BCUT2D eigenvalue weighted by Gasteiger charge is -2.18. The average Bonchev–Trinajstić information content (AvgIpc) is 2.66. The molecule has 0 saturated carbocycles. The molecule has 1 atom stereocenters. The van der Waals surface area contributed by atoms with Gasteiger partial charge in [-0.25, -0.2) is 8.42 Å². The van der Waals surface area contributed by atoms with E-state index in [0.29, 0.717) is 24.6 Å². The number of rotatable bonds is 9. The Morgan fingerprint density at radius 2 is 1.79 bits per heavy atom. The second-order valence-electron chi connectivity index (χ2n) is 6.24. The van der Waals surface area contributed by atoms with Gasteiger partial charge in [0, 0.05) is 19.2 Å². The smallest absolute Gasteiger partial charge is 0.261 e. The summed E-state index contributed by atoms with van der Waals surface area (Å²) in [5.74, 6) is 0.955. The molecular weight excluding hydrogens is 380 g/mol. The number of carbonyl (C=O) groups is 1. The molecule has 152 valence electrons. The van der Waals surface area contributed by atoms with Crippen LogP contribution in [0.3, 0.4) is 0 Å². The summed E-state index contributed by atoms with van der Waals surface area (Å²) in [6.07, 6.45) is 0.422. The molecule has 2 rings (SSSR count). The summed E-state index contributed by atoms with van der Waals surface area (Å²) in [5.41, 5.74) is 1.40. The third kappa shape index (κ3) is 5.88. The van der Waals surface area contributed by atoms with Crippen LogP contribution in [0.1, 0.15) is 19.4 Å². The number of amides is 1. The van der Waals surface area contributed by atoms with E-state index in [4.69, 9.17) is 9.47 Å². The second kappa shape index (κ2) is 9.45. The third-order valence-corrected chi connectivity index (χ3v) is 5.31. The number of sulfonamides is 1. The van der Waals surface area contributed by atoms with Crippen molar-refractivity contribution in [3.63, 3.8) is 0 Å². The summed E-state index contributed by atoms with van der Waals surface area (Å²) in [5, 5.41) is 2.84. The zero-order chi connectivity index (χ0) is 20.7. The van der Waals surface area contributed by atoms with Gasteiger partial charge < -0.3 is 14.8 Å². The van der Waals surface area contributed by atoms with Gasteiger partial charge in [0.1, 0.15) is 11.5 Å². The number of nitrogens with one attached hydrogen (secondary N) is 1. The molecular formula is C20H26N2O5S. The predicted octanol–water partition coefficient (Wildman–Crippen LogP) is 2.56. The number of anilines is 1. The lowest BCUT2D eigenvalue weighted by Crippen LogP contribution is -2.36. The van der Waals surface area contributed by atoms with Gasteiger partial charge in [-0.1, -0.05) is 18.2 Å². The van der Waals surface area contributed by atoms with E-state index < -0.39 is 16.1 Å². The fraction of sp³-hybridized carbons (Fsp3) is 0.350. The molecule has 0 aliphatic heterocycles. The van der Waals surface area contributed by atoms with Crippen LogP contribution in [-0.4, -0.2) is 40.3 Å². The third-order valence-electron chi connectivity index (χ3n) is 4.11. The summed E-state index contributed by atoms with van der Waals surface area (Å²) >= 11 is 0. The molecule has 0 aliphatic carbocycles. The fourth-order valence-electron chi connectivity index (χ4n) is 2.46. The predicted molar refractivity (Wildman–Crippen MR) is 109 cm³/mol. The SMILES string of the molecule is CCOc1ccccc1CNC(=O)[C@H](C)Oc1ccc(N(C)S(C)(=O)=O)cc1. The maximum Gasteiger partial charge on any atom is 0.261 e. The Kier molecular flexibility index (Phi) is 7.28. The topological polar surface area (TPSA) is 84.9 Å². The van der Waals surface area contributed by atoms with Crippen LogP contribution in [0.25, 0.3) is 0 Å². The number of carbonyl (C=O) groups excluding carboxylic acids is 1. The highest BCUT2D eigenvalue weighted by atomic mass is 32.2. The molecule has 2 aromatic rings. The van der Waals surface area contributed by atoms with Gasteiger partial charge in [-0.2, -0.15) is 0 Å². The first kappa shape index (κ1) is 21.6. The van der Waals surface area contributed by atoms with Crippen molar-refractivity contribution in [3.8, 4) is 11.5 Å². The van der Waals surface area contributed by atoms with Gasteiger partial charge in [-0.3, -0.25) is 9.10 Å². The first-order valence-electron chi connectivity index (χ1n) is 8.91. The van der Waals surface area contributed by atoms with Crippen molar-refractivity contribution >= 4 is 21.6 Å². The van der Waals surface area contributed by atoms with Gasteiger partial charge in [-0.05, 0) is 44.2 Å². The van der Waals surface area contributed by atoms with E-state index in [2.05, 4.69) is 5.32 Å². The lowest BCUT2D eigenvalue weighted by molar-refractivity contribution is -0.127. The van der Waals surface area contributed by atoms with Crippen molar-refractivity contribution in [1.29, 1.82) is 0 Å². The largest absolute Gasteiger partial charge is 0.494 e. The van der Waals surface area contributed by atoms with Crippen molar-refractivity contribution in [2.24, 2.45) is 0 Å². The molecule has 0 radical (unpaired) electrons. The van der Waals surface area contributed by atoms with E-state index >= 15 is 0 Å². The molecule has 0 unspecified atom stereocenters. The van der Waals surface area contributed by atoms with Crippen LogP contribution in [0.15, 0.2) is 48.5 Å². The Balaban J connectivity index is 1.94. The quantitative estimate of drug-likeness (QED) is 0.692. The van der Waals surface area contributed by atoms with Crippen LogP contribution >= 0.6 is 0 Å². The van der Waals surface area contributed by atoms with Crippen molar-refractivity contribution < 1.29 is 22.7 Å². The van der Waals surface area contributed by atoms with Gasteiger partial charge in [0.2, 0.25) is 10.0 Å². The van der Waals surface area contributed by atoms with E-state index in [1.165, 1.54) is 11.4 Å². The molecule has 2 aromatic carbocycles. The minimum absolute atomic E-state index is 0.261. The second-order valence-corrected chi connectivity index (χ2v) is 8.26. The van der Waals surface area contributed by atoms with Gasteiger partial charge in [0.25, 0.3) is 5.91 Å². The standard InChI is InChI=1S/C20H26N2O5S/c1-5-26-19-9-7-6-8-16(19)14-21-20(23)15(2)27-18-12-10-17(11-13-18)22(3)28(4,24)25/h6-13,15H,5,14H2,1-4H3,(H,21,23)/t15-/m0/s1. The van der Waals surface area contributed by atoms with Crippen LogP contribution in [0.2, 0.25) is 0 Å². The number of para-hydroxylation sites is 1. The Hall–Kier alpha value is -2.74. The number of benzene rings is 2. The molecule has 8 heteroatoms. The minimum Gasteiger partial charge on any atom is -0.494 e. The monoisotopic (exact) mass is 406 g/mol. The zero-order valence-corrected chi connectivity index (χ0v) is 17.3. The molecule has 0 heterocycles. The minimum atomic E-state index is -3.33. The van der Waals surface area contributed by atoms with Crippen molar-refractivity contribution in [2.45, 2.75) is 26.5 Å². The molecule has 0 fully saturated rings.